The van der Waals surface area contributed by atoms with Crippen molar-refractivity contribution < 1.29 is 0 Å². The van der Waals surface area contributed by atoms with Gasteiger partial charge in [0.05, 0.1) is 0 Å². The van der Waals surface area contributed by atoms with E-state index in [2.05, 4.69) is 114 Å². The first-order valence-electron chi connectivity index (χ1n) is 16.0. The Hall–Kier alpha value is -1.56. The van der Waals surface area contributed by atoms with E-state index in [0.717, 1.165) is 12.8 Å². The third-order valence-corrected chi connectivity index (χ3v) is 7.69. The summed E-state index contributed by atoms with van der Waals surface area (Å²) in [7, 11) is 0. The summed E-state index contributed by atoms with van der Waals surface area (Å²) >= 11 is 0. The molecule has 0 saturated heterocycles. The van der Waals surface area contributed by atoms with Crippen molar-refractivity contribution >= 4 is 0 Å². The molecule has 214 valence electrons. The molecule has 0 nitrogen and oxygen atoms in total. The second-order valence-electron chi connectivity index (χ2n) is 14.9. The van der Waals surface area contributed by atoms with Crippen LogP contribution in [0.1, 0.15) is 140 Å². The van der Waals surface area contributed by atoms with Gasteiger partial charge in [0.1, 0.15) is 0 Å². The molecule has 0 amide bonds. The average Bonchev–Trinajstić information content (AvgIpc) is 2.75. The van der Waals surface area contributed by atoms with Crippen LogP contribution < -0.4 is 0 Å². The third-order valence-electron chi connectivity index (χ3n) is 7.69. The third kappa shape index (κ3) is 9.27. The number of rotatable bonds is 14. The fourth-order valence-electron chi connectivity index (χ4n) is 6.54. The summed E-state index contributed by atoms with van der Waals surface area (Å²) in [6.45, 7) is 31.2. The monoisotopic (exact) mass is 518 g/mol. The van der Waals surface area contributed by atoms with Gasteiger partial charge >= 0.3 is 0 Å². The Bertz CT molecular complexity index is 918. The average molecular weight is 519 g/mol. The van der Waals surface area contributed by atoms with E-state index in [1.165, 1.54) is 25.7 Å². The molecule has 0 N–H and O–H groups in total. The highest BCUT2D eigenvalue weighted by atomic mass is 14.3. The van der Waals surface area contributed by atoms with E-state index < -0.39 is 0 Å². The quantitative estimate of drug-likeness (QED) is 0.233. The molecule has 0 heteroatoms. The topological polar surface area (TPSA) is 0 Å². The molecule has 38 heavy (non-hydrogen) atoms. The van der Waals surface area contributed by atoms with Crippen LogP contribution in [0.15, 0.2) is 24.3 Å². The Morgan fingerprint density at radius 3 is 0.842 bits per heavy atom. The summed E-state index contributed by atoms with van der Waals surface area (Å²) in [6.07, 6.45) is 7.04. The molecule has 2 aromatic rings. The Morgan fingerprint density at radius 1 is 0.342 bits per heavy atom. The molecule has 0 fully saturated rings. The van der Waals surface area contributed by atoms with Crippen molar-refractivity contribution in [1.29, 1.82) is 0 Å². The van der Waals surface area contributed by atoms with E-state index in [0.29, 0.717) is 41.4 Å². The van der Waals surface area contributed by atoms with Gasteiger partial charge in [-0.3, -0.25) is 0 Å². The standard InChI is InChI=1S/C38H62/c1-24(2)18-31-14-16-33(20-26(5)6)37(35(31)22-28(9)10)30(13)38-34(21-27(7)8)17-15-32(19-25(3)4)36(38)23-29(11)12/h14-17,24-30H,18-23H2,1-13H3. The van der Waals surface area contributed by atoms with E-state index in [9.17, 15) is 0 Å². The molecule has 0 aromatic heterocycles. The van der Waals surface area contributed by atoms with Gasteiger partial charge in [0.15, 0.2) is 0 Å². The van der Waals surface area contributed by atoms with E-state index in [4.69, 9.17) is 0 Å². The minimum Gasteiger partial charge on any atom is -0.0625 e. The Morgan fingerprint density at radius 2 is 0.579 bits per heavy atom. The van der Waals surface area contributed by atoms with Crippen molar-refractivity contribution in [2.75, 3.05) is 0 Å². The summed E-state index contributed by atoms with van der Waals surface area (Å²) < 4.78 is 0. The largest absolute Gasteiger partial charge is 0.0625 e. The van der Waals surface area contributed by atoms with Gasteiger partial charge in [0.25, 0.3) is 0 Å². The predicted molar refractivity (Wildman–Crippen MR) is 172 cm³/mol. The summed E-state index contributed by atoms with van der Waals surface area (Å²) in [5, 5.41) is 0. The van der Waals surface area contributed by atoms with Gasteiger partial charge in [0.2, 0.25) is 0 Å². The maximum Gasteiger partial charge on any atom is 0.00721 e. The van der Waals surface area contributed by atoms with Crippen LogP contribution in [0.5, 0.6) is 0 Å². The molecule has 2 rings (SSSR count). The lowest BCUT2D eigenvalue weighted by molar-refractivity contribution is 0.590. The van der Waals surface area contributed by atoms with Crippen molar-refractivity contribution in [1.82, 2.24) is 0 Å². The van der Waals surface area contributed by atoms with Crippen LogP contribution in [0.4, 0.5) is 0 Å². The fraction of sp³-hybridized carbons (Fsp3) is 0.684. The zero-order chi connectivity index (χ0) is 28.7. The highest BCUT2D eigenvalue weighted by molar-refractivity contribution is 5.53. The predicted octanol–water partition coefficient (Wildman–Crippen LogP) is 11.0. The van der Waals surface area contributed by atoms with Gasteiger partial charge in [-0.1, -0.05) is 114 Å². The minimum atomic E-state index is 0.416. The zero-order valence-electron chi connectivity index (χ0n) is 27.6. The SMILES string of the molecule is CC(C)Cc1ccc(CC(C)C)c(C(C)c2c(CC(C)C)ccc(CC(C)C)c2CC(C)C)c1CC(C)C. The van der Waals surface area contributed by atoms with Crippen molar-refractivity contribution in [3.8, 4) is 0 Å². The highest BCUT2D eigenvalue weighted by Gasteiger charge is 2.27. The molecule has 0 aliphatic rings. The van der Waals surface area contributed by atoms with Crippen molar-refractivity contribution in [2.24, 2.45) is 35.5 Å². The summed E-state index contributed by atoms with van der Waals surface area (Å²) in [5.74, 6) is 4.36. The van der Waals surface area contributed by atoms with Crippen LogP contribution in [-0.4, -0.2) is 0 Å². The maximum absolute atomic E-state index is 2.56. The first-order chi connectivity index (χ1) is 17.7. The lowest BCUT2D eigenvalue weighted by Gasteiger charge is -2.31. The van der Waals surface area contributed by atoms with Gasteiger partial charge in [-0.05, 0) is 119 Å². The Balaban J connectivity index is 2.97. The van der Waals surface area contributed by atoms with Gasteiger partial charge in [-0.25, -0.2) is 0 Å². The summed E-state index contributed by atoms with van der Waals surface area (Å²) in [6, 6.07) is 10.0. The van der Waals surface area contributed by atoms with Crippen LogP contribution in [0.3, 0.4) is 0 Å². The van der Waals surface area contributed by atoms with E-state index in [-0.39, 0.29) is 0 Å². The van der Waals surface area contributed by atoms with E-state index in [1.807, 2.05) is 0 Å². The smallest absolute Gasteiger partial charge is 0.00721 e. The minimum absolute atomic E-state index is 0.416. The molecule has 2 aromatic carbocycles. The molecule has 0 radical (unpaired) electrons. The van der Waals surface area contributed by atoms with Crippen molar-refractivity contribution in [2.45, 2.75) is 134 Å². The maximum atomic E-state index is 2.56. The highest BCUT2D eigenvalue weighted by Crippen LogP contribution is 2.40. The van der Waals surface area contributed by atoms with Gasteiger partial charge in [0, 0.05) is 5.92 Å². The molecule has 0 spiro atoms. The van der Waals surface area contributed by atoms with Crippen LogP contribution in [0.25, 0.3) is 0 Å². The van der Waals surface area contributed by atoms with Gasteiger partial charge in [-0.2, -0.15) is 0 Å². The molecule has 0 bridgehead atoms. The molecule has 0 aliphatic carbocycles. The molecule has 0 aliphatic heterocycles. The second kappa shape index (κ2) is 14.7. The second-order valence-corrected chi connectivity index (χ2v) is 14.9. The summed E-state index contributed by atoms with van der Waals surface area (Å²) in [5.41, 5.74) is 13.0. The first-order valence-corrected chi connectivity index (χ1v) is 16.0. The van der Waals surface area contributed by atoms with Crippen molar-refractivity contribution in [3.63, 3.8) is 0 Å². The molecule has 0 heterocycles. The molecule has 0 saturated carbocycles. The number of benzene rings is 2. The van der Waals surface area contributed by atoms with E-state index in [1.54, 1.807) is 44.5 Å². The fourth-order valence-corrected chi connectivity index (χ4v) is 6.54. The number of hydrogen-bond acceptors (Lipinski definition) is 0. The van der Waals surface area contributed by atoms with Gasteiger partial charge < -0.3 is 0 Å². The van der Waals surface area contributed by atoms with Crippen LogP contribution in [0.2, 0.25) is 0 Å². The number of hydrogen-bond donors (Lipinski definition) is 0. The van der Waals surface area contributed by atoms with Crippen LogP contribution in [0, 0.1) is 35.5 Å². The van der Waals surface area contributed by atoms with E-state index >= 15 is 0 Å². The van der Waals surface area contributed by atoms with Crippen molar-refractivity contribution in [3.05, 3.63) is 68.8 Å². The summed E-state index contributed by atoms with van der Waals surface area (Å²) in [4.78, 5) is 0. The Labute approximate surface area is 238 Å². The first kappa shape index (κ1) is 32.7. The Kier molecular flexibility index (Phi) is 12.6. The zero-order valence-corrected chi connectivity index (χ0v) is 27.6. The van der Waals surface area contributed by atoms with Gasteiger partial charge in [-0.15, -0.1) is 0 Å². The van der Waals surface area contributed by atoms with Crippen LogP contribution in [-0.2, 0) is 38.5 Å². The lowest BCUT2D eigenvalue weighted by Crippen LogP contribution is -2.18. The van der Waals surface area contributed by atoms with Crippen LogP contribution >= 0.6 is 0 Å². The molecular formula is C38H62. The molecule has 0 atom stereocenters. The normalized spacial score (nSPS) is 12.5. The lowest BCUT2D eigenvalue weighted by atomic mass is 9.74. The molecular weight excluding hydrogens is 456 g/mol. The molecule has 0 unspecified atom stereocenters.